The van der Waals surface area contributed by atoms with Gasteiger partial charge in [0.2, 0.25) is 5.75 Å². The summed E-state index contributed by atoms with van der Waals surface area (Å²) < 4.78 is 44.6. The highest BCUT2D eigenvalue weighted by atomic mass is 19.1. The fraction of sp³-hybridized carbons (Fsp3) is 0.409. The molecular formula is C22H25F2NO5. The summed E-state index contributed by atoms with van der Waals surface area (Å²) in [5, 5.41) is 9.50. The number of benzene rings is 2. The van der Waals surface area contributed by atoms with Crippen molar-refractivity contribution in [2.75, 3.05) is 34.4 Å². The van der Waals surface area contributed by atoms with Crippen molar-refractivity contribution in [2.45, 2.75) is 18.9 Å². The van der Waals surface area contributed by atoms with Crippen LogP contribution >= 0.6 is 0 Å². The highest BCUT2D eigenvalue weighted by Gasteiger charge is 2.33. The molecule has 2 aromatic carbocycles. The number of piperidine rings is 1. The van der Waals surface area contributed by atoms with Gasteiger partial charge in [-0.3, -0.25) is 9.69 Å². The number of likely N-dealkylation sites (tertiary alicyclic amines) is 1. The van der Waals surface area contributed by atoms with Crippen LogP contribution in [0.25, 0.3) is 0 Å². The van der Waals surface area contributed by atoms with E-state index in [0.717, 1.165) is 6.07 Å². The Morgan fingerprint density at radius 2 is 1.77 bits per heavy atom. The van der Waals surface area contributed by atoms with E-state index in [2.05, 4.69) is 0 Å². The Hall–Kier alpha value is -2.87. The van der Waals surface area contributed by atoms with Crippen molar-refractivity contribution in [3.05, 3.63) is 53.1 Å². The minimum Gasteiger partial charge on any atom is -0.493 e. The molecule has 162 valence electrons. The molecule has 1 aliphatic heterocycles. The lowest BCUT2D eigenvalue weighted by Gasteiger charge is -2.38. The summed E-state index contributed by atoms with van der Waals surface area (Å²) >= 11 is 0. The Morgan fingerprint density at radius 1 is 1.10 bits per heavy atom. The minimum absolute atomic E-state index is 0.244. The first-order chi connectivity index (χ1) is 14.4. The van der Waals surface area contributed by atoms with E-state index < -0.39 is 29.6 Å². The molecule has 3 rings (SSSR count). The molecule has 1 saturated heterocycles. The maximum Gasteiger partial charge on any atom is 0.307 e. The number of halogens is 2. The lowest BCUT2D eigenvalue weighted by molar-refractivity contribution is -0.143. The van der Waals surface area contributed by atoms with Gasteiger partial charge < -0.3 is 19.3 Å². The molecule has 1 fully saturated rings. The first kappa shape index (κ1) is 21.8. The maximum absolute atomic E-state index is 14.8. The van der Waals surface area contributed by atoms with Gasteiger partial charge in [0.25, 0.3) is 0 Å². The lowest BCUT2D eigenvalue weighted by Crippen LogP contribution is -2.41. The molecule has 0 bridgehead atoms. The number of rotatable bonds is 7. The maximum atomic E-state index is 14.8. The highest BCUT2D eigenvalue weighted by Crippen LogP contribution is 2.43. The van der Waals surface area contributed by atoms with E-state index in [1.807, 2.05) is 4.90 Å². The predicted octanol–water partition coefficient (Wildman–Crippen LogP) is 3.88. The van der Waals surface area contributed by atoms with Crippen LogP contribution in [0.3, 0.4) is 0 Å². The number of carboxylic acids is 1. The summed E-state index contributed by atoms with van der Waals surface area (Å²) in [4.78, 5) is 13.5. The number of carbonyl (C=O) groups is 1. The Bertz CT molecular complexity index is 895. The molecule has 8 heteroatoms. The van der Waals surface area contributed by atoms with Gasteiger partial charge in [-0.05, 0) is 43.1 Å². The quantitative estimate of drug-likeness (QED) is 0.732. The van der Waals surface area contributed by atoms with E-state index in [9.17, 15) is 18.7 Å². The van der Waals surface area contributed by atoms with Gasteiger partial charge in [-0.1, -0.05) is 6.07 Å². The number of aliphatic carboxylic acids is 1. The molecular weight excluding hydrogens is 396 g/mol. The van der Waals surface area contributed by atoms with Crippen LogP contribution in [0.1, 0.15) is 30.0 Å². The van der Waals surface area contributed by atoms with Crippen molar-refractivity contribution in [3.63, 3.8) is 0 Å². The SMILES string of the molecule is COc1cc(C(c2ccc(F)cc2F)N2CCCC(C(=O)O)C2)cc(OC)c1OC. The predicted molar refractivity (Wildman–Crippen MR) is 106 cm³/mol. The van der Waals surface area contributed by atoms with Gasteiger partial charge in [-0.15, -0.1) is 0 Å². The number of carboxylic acid groups (broad SMARTS) is 1. The van der Waals surface area contributed by atoms with Crippen LogP contribution in [0.4, 0.5) is 8.78 Å². The Balaban J connectivity index is 2.16. The highest BCUT2D eigenvalue weighted by molar-refractivity contribution is 5.70. The third-order valence-electron chi connectivity index (χ3n) is 5.43. The van der Waals surface area contributed by atoms with E-state index in [-0.39, 0.29) is 12.1 Å². The smallest absolute Gasteiger partial charge is 0.307 e. The molecule has 0 saturated carbocycles. The summed E-state index contributed by atoms with van der Waals surface area (Å²) in [7, 11) is 4.45. The minimum atomic E-state index is -0.886. The van der Waals surface area contributed by atoms with Crippen molar-refractivity contribution >= 4 is 5.97 Å². The molecule has 1 aliphatic rings. The van der Waals surface area contributed by atoms with Gasteiger partial charge in [0.05, 0.1) is 33.3 Å². The van der Waals surface area contributed by atoms with Gasteiger partial charge in [0.15, 0.2) is 11.5 Å². The number of methoxy groups -OCH3 is 3. The largest absolute Gasteiger partial charge is 0.493 e. The van der Waals surface area contributed by atoms with E-state index in [4.69, 9.17) is 14.2 Å². The molecule has 1 N–H and O–H groups in total. The van der Waals surface area contributed by atoms with Crippen LogP contribution in [0.2, 0.25) is 0 Å². The monoisotopic (exact) mass is 421 g/mol. The second-order valence-electron chi connectivity index (χ2n) is 7.20. The fourth-order valence-corrected chi connectivity index (χ4v) is 4.01. The first-order valence-electron chi connectivity index (χ1n) is 9.61. The van der Waals surface area contributed by atoms with Crippen molar-refractivity contribution < 1.29 is 32.9 Å². The van der Waals surface area contributed by atoms with Crippen LogP contribution in [0.15, 0.2) is 30.3 Å². The second kappa shape index (κ2) is 9.30. The van der Waals surface area contributed by atoms with Gasteiger partial charge in [0, 0.05) is 18.2 Å². The molecule has 0 aromatic heterocycles. The molecule has 0 amide bonds. The summed E-state index contributed by atoms with van der Waals surface area (Å²) in [6.07, 6.45) is 1.21. The van der Waals surface area contributed by atoms with Crippen LogP contribution < -0.4 is 14.2 Å². The average Bonchev–Trinajstić information content (AvgIpc) is 2.74. The summed E-state index contributed by atoms with van der Waals surface area (Å²) in [6.45, 7) is 0.815. The first-order valence-corrected chi connectivity index (χ1v) is 9.61. The second-order valence-corrected chi connectivity index (χ2v) is 7.20. The summed E-state index contributed by atoms with van der Waals surface area (Å²) in [6, 6.07) is 6.18. The standard InChI is InChI=1S/C22H25F2NO5/c1-28-18-9-14(10-19(29-2)21(18)30-3)20(16-7-6-15(23)11-17(16)24)25-8-4-5-13(12-25)22(26)27/h6-7,9-11,13,20H,4-5,8,12H2,1-3H3,(H,26,27). The topological polar surface area (TPSA) is 68.2 Å². The fourth-order valence-electron chi connectivity index (χ4n) is 4.01. The molecule has 0 aliphatic carbocycles. The molecule has 6 nitrogen and oxygen atoms in total. The Labute approximate surface area is 174 Å². The molecule has 0 radical (unpaired) electrons. The van der Waals surface area contributed by atoms with E-state index in [1.54, 1.807) is 12.1 Å². The molecule has 30 heavy (non-hydrogen) atoms. The zero-order valence-corrected chi connectivity index (χ0v) is 17.2. The summed E-state index contributed by atoms with van der Waals surface area (Å²) in [5.74, 6) is -1.65. The van der Waals surface area contributed by atoms with Crippen molar-refractivity contribution in [1.29, 1.82) is 0 Å². The Kier molecular flexibility index (Phi) is 6.77. The van der Waals surface area contributed by atoms with Crippen molar-refractivity contribution in [2.24, 2.45) is 5.92 Å². The lowest BCUT2D eigenvalue weighted by atomic mass is 9.91. The van der Waals surface area contributed by atoms with Crippen LogP contribution in [-0.2, 0) is 4.79 Å². The van der Waals surface area contributed by atoms with E-state index >= 15 is 0 Å². The zero-order valence-electron chi connectivity index (χ0n) is 17.2. The van der Waals surface area contributed by atoms with Gasteiger partial charge in [-0.25, -0.2) is 8.78 Å². The van der Waals surface area contributed by atoms with Gasteiger partial charge in [-0.2, -0.15) is 0 Å². The molecule has 2 atom stereocenters. The molecule has 1 heterocycles. The van der Waals surface area contributed by atoms with Crippen molar-refractivity contribution in [3.8, 4) is 17.2 Å². The van der Waals surface area contributed by atoms with Gasteiger partial charge >= 0.3 is 5.97 Å². The van der Waals surface area contributed by atoms with E-state index in [0.29, 0.717) is 42.2 Å². The van der Waals surface area contributed by atoms with Crippen molar-refractivity contribution in [1.82, 2.24) is 4.90 Å². The average molecular weight is 421 g/mol. The number of hydrogen-bond acceptors (Lipinski definition) is 5. The molecule has 2 unspecified atom stereocenters. The van der Waals surface area contributed by atoms with Crippen LogP contribution in [0, 0.1) is 17.6 Å². The van der Waals surface area contributed by atoms with E-state index in [1.165, 1.54) is 33.5 Å². The number of ether oxygens (including phenoxy) is 3. The molecule has 2 aromatic rings. The third-order valence-corrected chi connectivity index (χ3v) is 5.43. The summed E-state index contributed by atoms with van der Waals surface area (Å²) in [5.41, 5.74) is 0.873. The third kappa shape index (κ3) is 4.33. The zero-order chi connectivity index (χ0) is 21.8. The van der Waals surface area contributed by atoms with Crippen LogP contribution in [-0.4, -0.2) is 50.4 Å². The Morgan fingerprint density at radius 3 is 2.30 bits per heavy atom. The van der Waals surface area contributed by atoms with Crippen LogP contribution in [0.5, 0.6) is 17.2 Å². The number of nitrogens with zero attached hydrogens (tertiary/aromatic N) is 1. The number of hydrogen-bond donors (Lipinski definition) is 1. The normalized spacial score (nSPS) is 18.0. The van der Waals surface area contributed by atoms with Gasteiger partial charge in [0.1, 0.15) is 11.6 Å². The molecule has 0 spiro atoms.